The second kappa shape index (κ2) is 7.04. The highest BCUT2D eigenvalue weighted by Crippen LogP contribution is 2.17. The van der Waals surface area contributed by atoms with Crippen LogP contribution in [0, 0.1) is 5.82 Å². The number of benzene rings is 1. The predicted octanol–water partition coefficient (Wildman–Crippen LogP) is 2.32. The highest BCUT2D eigenvalue weighted by molar-refractivity contribution is 6.01. The van der Waals surface area contributed by atoms with Gasteiger partial charge >= 0.3 is 5.69 Å². The number of aromatic nitrogens is 2. The quantitative estimate of drug-likeness (QED) is 0.829. The van der Waals surface area contributed by atoms with E-state index >= 15 is 0 Å². The monoisotopic (exact) mass is 319 g/mol. The van der Waals surface area contributed by atoms with E-state index in [1.165, 1.54) is 24.3 Å². The maximum absolute atomic E-state index is 12.9. The minimum absolute atomic E-state index is 0.0648. The van der Waals surface area contributed by atoms with Crippen molar-refractivity contribution in [3.63, 3.8) is 0 Å². The van der Waals surface area contributed by atoms with Crippen LogP contribution in [0.3, 0.4) is 0 Å². The number of aliphatic imine (C=N–C) groups is 1. The van der Waals surface area contributed by atoms with Crippen LogP contribution < -0.4 is 11.2 Å². The first kappa shape index (κ1) is 16.7. The zero-order chi connectivity index (χ0) is 17.0. The highest BCUT2D eigenvalue weighted by Gasteiger charge is 2.16. The summed E-state index contributed by atoms with van der Waals surface area (Å²) in [6.07, 6.45) is 1.52. The molecule has 7 heteroatoms. The number of hydrogen-bond acceptors (Lipinski definition) is 4. The zero-order valence-electron chi connectivity index (χ0n) is 13.0. The van der Waals surface area contributed by atoms with Crippen molar-refractivity contribution in [2.24, 2.45) is 4.99 Å². The van der Waals surface area contributed by atoms with Crippen LogP contribution in [0.5, 0.6) is 5.88 Å². The second-order valence-corrected chi connectivity index (χ2v) is 5.14. The first-order valence-corrected chi connectivity index (χ1v) is 7.31. The largest absolute Gasteiger partial charge is 0.494 e. The Hall–Kier alpha value is -2.70. The van der Waals surface area contributed by atoms with Crippen LogP contribution in [0.15, 0.2) is 38.8 Å². The fourth-order valence-corrected chi connectivity index (χ4v) is 2.17. The van der Waals surface area contributed by atoms with Gasteiger partial charge < -0.3 is 5.11 Å². The summed E-state index contributed by atoms with van der Waals surface area (Å²) in [7, 11) is 0. The van der Waals surface area contributed by atoms with Gasteiger partial charge in [0, 0.05) is 6.54 Å². The molecule has 2 N–H and O–H groups in total. The van der Waals surface area contributed by atoms with Crippen LogP contribution in [0.1, 0.15) is 32.3 Å². The van der Waals surface area contributed by atoms with E-state index in [-0.39, 0.29) is 11.3 Å². The van der Waals surface area contributed by atoms with Crippen molar-refractivity contribution in [2.45, 2.75) is 33.2 Å². The average molecular weight is 319 g/mol. The van der Waals surface area contributed by atoms with Gasteiger partial charge in [0.15, 0.2) is 0 Å². The lowest BCUT2D eigenvalue weighted by atomic mass is 10.2. The van der Waals surface area contributed by atoms with Gasteiger partial charge in [-0.15, -0.1) is 0 Å². The molecule has 23 heavy (non-hydrogen) atoms. The van der Waals surface area contributed by atoms with Crippen molar-refractivity contribution in [3.05, 3.63) is 56.5 Å². The standard InChI is InChI=1S/C16H18FN3O3/c1-3-4-9-20-15(22)13(14(21)19-16(20)23)10(2)18-12-7-5-11(17)6-8-12/h5-8,22H,3-4,9H2,1-2H3,(H,19,21,23). The summed E-state index contributed by atoms with van der Waals surface area (Å²) in [5.74, 6) is -0.800. The molecule has 2 rings (SSSR count). The molecule has 122 valence electrons. The zero-order valence-corrected chi connectivity index (χ0v) is 13.0. The van der Waals surface area contributed by atoms with Crippen molar-refractivity contribution in [2.75, 3.05) is 0 Å². The maximum Gasteiger partial charge on any atom is 0.331 e. The Labute approximate surface area is 132 Å². The first-order valence-electron chi connectivity index (χ1n) is 7.31. The molecule has 0 aliphatic carbocycles. The minimum Gasteiger partial charge on any atom is -0.494 e. The number of rotatable bonds is 5. The molecule has 0 radical (unpaired) electrons. The van der Waals surface area contributed by atoms with Gasteiger partial charge in [0.2, 0.25) is 5.88 Å². The van der Waals surface area contributed by atoms with Crippen LogP contribution in [-0.2, 0) is 6.54 Å². The van der Waals surface area contributed by atoms with E-state index in [1.807, 2.05) is 6.92 Å². The summed E-state index contributed by atoms with van der Waals surface area (Å²) in [6.45, 7) is 3.80. The molecule has 0 aliphatic heterocycles. The van der Waals surface area contributed by atoms with Crippen molar-refractivity contribution in [1.82, 2.24) is 9.55 Å². The molecule has 0 bridgehead atoms. The van der Waals surface area contributed by atoms with Crippen molar-refractivity contribution >= 4 is 11.4 Å². The van der Waals surface area contributed by atoms with E-state index in [4.69, 9.17) is 0 Å². The van der Waals surface area contributed by atoms with E-state index in [1.54, 1.807) is 6.92 Å². The summed E-state index contributed by atoms with van der Waals surface area (Å²) in [5, 5.41) is 10.3. The summed E-state index contributed by atoms with van der Waals surface area (Å²) in [5.41, 5.74) is -0.748. The number of aromatic amines is 1. The molecule has 2 aromatic rings. The number of H-pyrrole nitrogens is 1. The van der Waals surface area contributed by atoms with Crippen LogP contribution in [0.4, 0.5) is 10.1 Å². The van der Waals surface area contributed by atoms with Crippen molar-refractivity contribution < 1.29 is 9.50 Å². The Kier molecular flexibility index (Phi) is 5.10. The van der Waals surface area contributed by atoms with Crippen LogP contribution in [-0.4, -0.2) is 20.4 Å². The van der Waals surface area contributed by atoms with Gasteiger partial charge in [-0.1, -0.05) is 13.3 Å². The minimum atomic E-state index is -0.705. The maximum atomic E-state index is 12.9. The number of unbranched alkanes of at least 4 members (excludes halogenated alkanes) is 1. The molecule has 0 aliphatic rings. The van der Waals surface area contributed by atoms with E-state index in [0.29, 0.717) is 18.7 Å². The van der Waals surface area contributed by atoms with E-state index in [2.05, 4.69) is 9.98 Å². The van der Waals surface area contributed by atoms with Crippen LogP contribution in [0.2, 0.25) is 0 Å². The topological polar surface area (TPSA) is 87.4 Å². The lowest BCUT2D eigenvalue weighted by Crippen LogP contribution is -2.33. The third-order valence-electron chi connectivity index (χ3n) is 3.39. The Morgan fingerprint density at radius 1 is 1.30 bits per heavy atom. The van der Waals surface area contributed by atoms with Gasteiger partial charge in [0.1, 0.15) is 11.4 Å². The Balaban J connectivity index is 2.51. The summed E-state index contributed by atoms with van der Waals surface area (Å²) < 4.78 is 14.0. The van der Waals surface area contributed by atoms with Crippen molar-refractivity contribution in [3.8, 4) is 5.88 Å². The van der Waals surface area contributed by atoms with E-state index in [9.17, 15) is 19.1 Å². The van der Waals surface area contributed by atoms with Crippen LogP contribution >= 0.6 is 0 Å². The number of nitrogens with one attached hydrogen (secondary N) is 1. The molecule has 0 saturated carbocycles. The fraction of sp³-hybridized carbons (Fsp3) is 0.312. The highest BCUT2D eigenvalue weighted by atomic mass is 19.1. The van der Waals surface area contributed by atoms with Gasteiger partial charge in [-0.25, -0.2) is 9.18 Å². The molecule has 0 spiro atoms. The first-order chi connectivity index (χ1) is 10.9. The molecule has 0 amide bonds. The van der Waals surface area contributed by atoms with E-state index in [0.717, 1.165) is 11.0 Å². The SMILES string of the molecule is CCCCn1c(O)c(C(C)=Nc2ccc(F)cc2)c(=O)[nH]c1=O. The molecule has 6 nitrogen and oxygen atoms in total. The number of halogens is 1. The van der Waals surface area contributed by atoms with Crippen molar-refractivity contribution in [1.29, 1.82) is 0 Å². The average Bonchev–Trinajstić information content (AvgIpc) is 2.49. The fourth-order valence-electron chi connectivity index (χ4n) is 2.17. The number of nitrogens with zero attached hydrogens (tertiary/aromatic N) is 2. The molecule has 1 aromatic heterocycles. The van der Waals surface area contributed by atoms with E-state index < -0.39 is 22.9 Å². The van der Waals surface area contributed by atoms with Gasteiger partial charge in [0.25, 0.3) is 5.56 Å². The molecule has 0 saturated heterocycles. The molecular formula is C16H18FN3O3. The lowest BCUT2D eigenvalue weighted by molar-refractivity contribution is 0.394. The Morgan fingerprint density at radius 3 is 2.57 bits per heavy atom. The molecule has 1 aromatic carbocycles. The molecule has 0 atom stereocenters. The Bertz CT molecular complexity index is 835. The van der Waals surface area contributed by atoms with Gasteiger partial charge in [0.05, 0.1) is 11.4 Å². The molecular weight excluding hydrogens is 301 g/mol. The van der Waals surface area contributed by atoms with Gasteiger partial charge in [-0.2, -0.15) is 0 Å². The number of aromatic hydroxyl groups is 1. The molecule has 0 fully saturated rings. The summed E-state index contributed by atoms with van der Waals surface area (Å²) in [4.78, 5) is 30.2. The molecule has 0 unspecified atom stereocenters. The molecule has 1 heterocycles. The smallest absolute Gasteiger partial charge is 0.331 e. The number of hydrogen-bond donors (Lipinski definition) is 2. The third kappa shape index (κ3) is 3.74. The Morgan fingerprint density at radius 2 is 1.96 bits per heavy atom. The summed E-state index contributed by atoms with van der Waals surface area (Å²) in [6, 6.07) is 5.41. The third-order valence-corrected chi connectivity index (χ3v) is 3.39. The predicted molar refractivity (Wildman–Crippen MR) is 86.2 cm³/mol. The lowest BCUT2D eigenvalue weighted by Gasteiger charge is -2.10. The second-order valence-electron chi connectivity index (χ2n) is 5.14. The van der Waals surface area contributed by atoms with Gasteiger partial charge in [-0.3, -0.25) is 19.3 Å². The van der Waals surface area contributed by atoms with Gasteiger partial charge in [-0.05, 0) is 37.6 Å². The van der Waals surface area contributed by atoms with Crippen LogP contribution in [0.25, 0.3) is 0 Å². The normalized spacial score (nSPS) is 11.7. The summed E-state index contributed by atoms with van der Waals surface area (Å²) >= 11 is 0.